The summed E-state index contributed by atoms with van der Waals surface area (Å²) in [6, 6.07) is 6.20. The van der Waals surface area contributed by atoms with Gasteiger partial charge in [0.1, 0.15) is 14.3 Å². The van der Waals surface area contributed by atoms with Crippen LogP contribution in [0.2, 0.25) is 0 Å². The van der Waals surface area contributed by atoms with Gasteiger partial charge < -0.3 is 9.38 Å². The van der Waals surface area contributed by atoms with E-state index in [0.717, 1.165) is 25.5 Å². The van der Waals surface area contributed by atoms with Crippen LogP contribution in [0.15, 0.2) is 24.4 Å². The summed E-state index contributed by atoms with van der Waals surface area (Å²) in [5.41, 5.74) is 4.54. The summed E-state index contributed by atoms with van der Waals surface area (Å²) in [5, 5.41) is 1.22. The first-order chi connectivity index (χ1) is 9.15. The molecule has 0 radical (unpaired) electrons. The van der Waals surface area contributed by atoms with Gasteiger partial charge in [0.2, 0.25) is 0 Å². The first kappa shape index (κ1) is 11.1. The Kier molecular flexibility index (Phi) is 2.14. The first-order valence-electron chi connectivity index (χ1n) is 6.05. The minimum atomic E-state index is 0.776. The minimum absolute atomic E-state index is 0.776. The molecule has 0 fully saturated rings. The average molecular weight is 285 g/mol. The molecule has 19 heavy (non-hydrogen) atoms. The van der Waals surface area contributed by atoms with E-state index in [0.29, 0.717) is 0 Å². The molecule has 0 saturated heterocycles. The molecule has 0 atom stereocenters. The Bertz CT molecular complexity index is 1000. The lowest BCUT2D eigenvalue weighted by molar-refractivity contribution is 1.22. The SMILES string of the molecule is Cc1cc(C)c2c(n1)sc1[nH]c(=S)c3cccn3c12. The molecule has 0 unspecified atom stereocenters. The van der Waals surface area contributed by atoms with Crippen molar-refractivity contribution < 1.29 is 0 Å². The normalized spacial score (nSPS) is 11.9. The molecule has 0 bridgehead atoms. The molecule has 0 aliphatic rings. The van der Waals surface area contributed by atoms with Crippen molar-refractivity contribution >= 4 is 49.6 Å². The van der Waals surface area contributed by atoms with Crippen molar-refractivity contribution in [2.24, 2.45) is 0 Å². The number of thiophene rings is 1. The number of aryl methyl sites for hydroxylation is 2. The Morgan fingerprint density at radius 1 is 1.37 bits per heavy atom. The van der Waals surface area contributed by atoms with Crippen LogP contribution >= 0.6 is 23.6 Å². The van der Waals surface area contributed by atoms with Gasteiger partial charge in [0.05, 0.1) is 11.0 Å². The smallest absolute Gasteiger partial charge is 0.128 e. The van der Waals surface area contributed by atoms with Crippen molar-refractivity contribution in [2.45, 2.75) is 13.8 Å². The molecular weight excluding hydrogens is 274 g/mol. The van der Waals surface area contributed by atoms with Crippen molar-refractivity contribution in [3.05, 3.63) is 40.3 Å². The van der Waals surface area contributed by atoms with E-state index >= 15 is 0 Å². The molecular formula is C14H11N3S2. The van der Waals surface area contributed by atoms with Gasteiger partial charge in [0.25, 0.3) is 0 Å². The van der Waals surface area contributed by atoms with E-state index in [9.17, 15) is 0 Å². The van der Waals surface area contributed by atoms with E-state index in [-0.39, 0.29) is 0 Å². The molecule has 1 N–H and O–H groups in total. The first-order valence-corrected chi connectivity index (χ1v) is 7.27. The Hall–Kier alpha value is -1.72. The topological polar surface area (TPSA) is 33.1 Å². The quantitative estimate of drug-likeness (QED) is 0.486. The molecule has 4 rings (SSSR count). The van der Waals surface area contributed by atoms with E-state index in [4.69, 9.17) is 12.2 Å². The predicted molar refractivity (Wildman–Crippen MR) is 82.7 cm³/mol. The van der Waals surface area contributed by atoms with Crippen molar-refractivity contribution in [2.75, 3.05) is 0 Å². The zero-order chi connectivity index (χ0) is 13.1. The number of hydrogen-bond acceptors (Lipinski definition) is 3. The van der Waals surface area contributed by atoms with Gasteiger partial charge >= 0.3 is 0 Å². The number of aromatic amines is 1. The number of aromatic nitrogens is 3. The number of H-pyrrole nitrogens is 1. The monoisotopic (exact) mass is 285 g/mol. The lowest BCUT2D eigenvalue weighted by atomic mass is 10.1. The van der Waals surface area contributed by atoms with Crippen LogP contribution in [0.25, 0.3) is 26.1 Å². The highest BCUT2D eigenvalue weighted by Crippen LogP contribution is 2.34. The third kappa shape index (κ3) is 1.42. The van der Waals surface area contributed by atoms with Crippen LogP contribution in [0.1, 0.15) is 11.3 Å². The van der Waals surface area contributed by atoms with Crippen LogP contribution in [-0.2, 0) is 0 Å². The summed E-state index contributed by atoms with van der Waals surface area (Å²) < 4.78 is 2.94. The fourth-order valence-electron chi connectivity index (χ4n) is 2.67. The molecule has 3 nitrogen and oxygen atoms in total. The summed E-state index contributed by atoms with van der Waals surface area (Å²) in [6.07, 6.45) is 2.06. The third-order valence-electron chi connectivity index (χ3n) is 3.41. The molecule has 0 aromatic carbocycles. The van der Waals surface area contributed by atoms with Crippen LogP contribution in [0.3, 0.4) is 0 Å². The summed E-state index contributed by atoms with van der Waals surface area (Å²) in [4.78, 5) is 10.1. The fourth-order valence-corrected chi connectivity index (χ4v) is 4.19. The predicted octanol–water partition coefficient (Wildman–Crippen LogP) is 4.38. The Morgan fingerprint density at radius 2 is 2.21 bits per heavy atom. The zero-order valence-corrected chi connectivity index (χ0v) is 12.2. The lowest BCUT2D eigenvalue weighted by Gasteiger charge is -2.02. The van der Waals surface area contributed by atoms with Crippen molar-refractivity contribution in [3.8, 4) is 0 Å². The number of nitrogens with one attached hydrogen (secondary N) is 1. The van der Waals surface area contributed by atoms with Crippen LogP contribution in [-0.4, -0.2) is 14.4 Å². The van der Waals surface area contributed by atoms with Crippen molar-refractivity contribution in [3.63, 3.8) is 0 Å². The van der Waals surface area contributed by atoms with Gasteiger partial charge in [0.15, 0.2) is 0 Å². The van der Waals surface area contributed by atoms with Crippen molar-refractivity contribution in [1.29, 1.82) is 0 Å². The van der Waals surface area contributed by atoms with Gasteiger partial charge in [0, 0.05) is 17.3 Å². The summed E-state index contributed by atoms with van der Waals surface area (Å²) in [7, 11) is 0. The maximum atomic E-state index is 5.41. The maximum Gasteiger partial charge on any atom is 0.128 e. The van der Waals surface area contributed by atoms with E-state index < -0.39 is 0 Å². The number of hydrogen-bond donors (Lipinski definition) is 1. The number of fused-ring (bicyclic) bond motifs is 5. The third-order valence-corrected chi connectivity index (χ3v) is 4.71. The summed E-state index contributed by atoms with van der Waals surface area (Å²) in [5.74, 6) is 0. The van der Waals surface area contributed by atoms with E-state index in [2.05, 4.69) is 33.6 Å². The molecule has 4 aromatic rings. The van der Waals surface area contributed by atoms with E-state index in [1.807, 2.05) is 19.1 Å². The van der Waals surface area contributed by atoms with Gasteiger partial charge in [-0.05, 0) is 37.6 Å². The van der Waals surface area contributed by atoms with Gasteiger partial charge in [-0.1, -0.05) is 23.6 Å². The molecule has 0 aliphatic carbocycles. The fraction of sp³-hybridized carbons (Fsp3) is 0.143. The van der Waals surface area contributed by atoms with E-state index in [1.165, 1.54) is 16.5 Å². The number of pyridine rings is 1. The highest BCUT2D eigenvalue weighted by Gasteiger charge is 2.13. The molecule has 4 heterocycles. The average Bonchev–Trinajstić information content (AvgIpc) is 2.91. The van der Waals surface area contributed by atoms with Gasteiger partial charge in [-0.15, -0.1) is 0 Å². The molecule has 5 heteroatoms. The molecule has 0 aliphatic heterocycles. The summed E-state index contributed by atoms with van der Waals surface area (Å²) >= 11 is 7.08. The van der Waals surface area contributed by atoms with Crippen LogP contribution < -0.4 is 0 Å². The molecule has 0 spiro atoms. The maximum absolute atomic E-state index is 5.41. The van der Waals surface area contributed by atoms with Crippen LogP contribution in [0.4, 0.5) is 0 Å². The van der Waals surface area contributed by atoms with Crippen molar-refractivity contribution in [1.82, 2.24) is 14.4 Å². The Balaban J connectivity index is 2.41. The molecule has 94 valence electrons. The standard InChI is InChI=1S/C14H11N3S2/c1-7-6-8(2)15-13-10(7)11-14(19-13)16-12(18)9-4-3-5-17(9)11/h3-6H,1-2H3,(H,16,18). The van der Waals surface area contributed by atoms with Crippen LogP contribution in [0.5, 0.6) is 0 Å². The second-order valence-electron chi connectivity index (χ2n) is 4.76. The minimum Gasteiger partial charge on any atom is -0.335 e. The molecule has 4 aromatic heterocycles. The van der Waals surface area contributed by atoms with Gasteiger partial charge in [-0.3, -0.25) is 0 Å². The molecule has 0 saturated carbocycles. The molecule has 0 amide bonds. The van der Waals surface area contributed by atoms with E-state index in [1.54, 1.807) is 11.3 Å². The summed E-state index contributed by atoms with van der Waals surface area (Å²) in [6.45, 7) is 4.17. The lowest BCUT2D eigenvalue weighted by Crippen LogP contribution is -1.89. The largest absolute Gasteiger partial charge is 0.335 e. The van der Waals surface area contributed by atoms with Gasteiger partial charge in [-0.2, -0.15) is 0 Å². The Morgan fingerprint density at radius 3 is 3.05 bits per heavy atom. The zero-order valence-electron chi connectivity index (χ0n) is 10.5. The van der Waals surface area contributed by atoms with Gasteiger partial charge in [-0.25, -0.2) is 4.98 Å². The second kappa shape index (κ2) is 3.65. The second-order valence-corrected chi connectivity index (χ2v) is 6.17. The highest BCUT2D eigenvalue weighted by atomic mass is 32.1. The number of rotatable bonds is 0. The number of nitrogens with zero attached hydrogens (tertiary/aromatic N) is 2. The highest BCUT2D eigenvalue weighted by molar-refractivity contribution is 7.71. The van der Waals surface area contributed by atoms with Crippen LogP contribution in [0, 0.1) is 18.5 Å². The Labute approximate surface area is 118 Å².